The van der Waals surface area contributed by atoms with Crippen molar-refractivity contribution in [3.63, 3.8) is 0 Å². The SMILES string of the molecule is C[C@@H](Nc1nnc([C@@H]2C[C@@H]2C(F)(F)F)o1)C(=O)N1CCC2(CC1)CC2. The van der Waals surface area contributed by atoms with Crippen molar-refractivity contribution in [2.75, 3.05) is 18.4 Å². The monoisotopic (exact) mass is 358 g/mol. The molecule has 138 valence electrons. The van der Waals surface area contributed by atoms with Gasteiger partial charge >= 0.3 is 12.2 Å². The Bertz CT molecular complexity index is 661. The Kier molecular flexibility index (Phi) is 3.73. The van der Waals surface area contributed by atoms with E-state index < -0.39 is 24.1 Å². The van der Waals surface area contributed by atoms with Crippen molar-refractivity contribution < 1.29 is 22.4 Å². The van der Waals surface area contributed by atoms with E-state index in [1.54, 1.807) is 6.92 Å². The van der Waals surface area contributed by atoms with Gasteiger partial charge in [-0.05, 0) is 44.4 Å². The molecule has 3 aliphatic rings. The van der Waals surface area contributed by atoms with Gasteiger partial charge in [0.25, 0.3) is 0 Å². The smallest absolute Gasteiger partial charge is 0.392 e. The maximum absolute atomic E-state index is 12.6. The fourth-order valence-electron chi connectivity index (χ4n) is 3.67. The van der Waals surface area contributed by atoms with E-state index >= 15 is 0 Å². The zero-order valence-electron chi connectivity index (χ0n) is 14.0. The van der Waals surface area contributed by atoms with Crippen LogP contribution in [-0.2, 0) is 4.79 Å². The molecule has 2 aliphatic carbocycles. The Morgan fingerprint density at radius 1 is 1.28 bits per heavy atom. The number of amides is 1. The van der Waals surface area contributed by atoms with Gasteiger partial charge in [0.1, 0.15) is 6.04 Å². The number of aromatic nitrogens is 2. The second-order valence-corrected chi connectivity index (χ2v) is 7.63. The predicted octanol–water partition coefficient (Wildman–Crippen LogP) is 2.94. The Morgan fingerprint density at radius 2 is 1.96 bits per heavy atom. The molecule has 0 radical (unpaired) electrons. The van der Waals surface area contributed by atoms with E-state index in [0.717, 1.165) is 25.9 Å². The van der Waals surface area contributed by atoms with E-state index in [1.165, 1.54) is 12.8 Å². The summed E-state index contributed by atoms with van der Waals surface area (Å²) in [5.74, 6) is -2.22. The second-order valence-electron chi connectivity index (χ2n) is 7.63. The molecule has 6 nitrogen and oxygen atoms in total. The molecule has 1 aromatic rings. The van der Waals surface area contributed by atoms with Gasteiger partial charge in [0, 0.05) is 19.0 Å². The highest BCUT2D eigenvalue weighted by Gasteiger charge is 2.58. The molecular formula is C16H21F3N4O2. The van der Waals surface area contributed by atoms with Crippen LogP contribution in [0.25, 0.3) is 0 Å². The summed E-state index contributed by atoms with van der Waals surface area (Å²) in [6, 6.07) is -0.557. The van der Waals surface area contributed by atoms with Crippen LogP contribution in [0.4, 0.5) is 19.2 Å². The highest BCUT2D eigenvalue weighted by Crippen LogP contribution is 2.56. The van der Waals surface area contributed by atoms with E-state index in [-0.39, 0.29) is 24.2 Å². The minimum Gasteiger partial charge on any atom is -0.408 e. The first-order chi connectivity index (χ1) is 11.8. The van der Waals surface area contributed by atoms with Gasteiger partial charge in [-0.15, -0.1) is 5.10 Å². The molecular weight excluding hydrogens is 337 g/mol. The number of halogens is 3. The quantitative estimate of drug-likeness (QED) is 0.896. The van der Waals surface area contributed by atoms with Crippen LogP contribution in [0, 0.1) is 11.3 Å². The number of hydrogen-bond donors (Lipinski definition) is 1. The number of nitrogens with one attached hydrogen (secondary N) is 1. The topological polar surface area (TPSA) is 71.3 Å². The standard InChI is InChI=1S/C16H21F3N4O2/c1-9(13(24)23-6-4-15(2-3-15)5-7-23)20-14-22-21-12(25-14)10-8-11(10)16(17,18)19/h9-11H,2-8H2,1H3,(H,20,22)/t9-,10-,11+/m1/s1. The van der Waals surface area contributed by atoms with Gasteiger partial charge in [-0.25, -0.2) is 0 Å². The van der Waals surface area contributed by atoms with Crippen molar-refractivity contribution >= 4 is 11.9 Å². The minimum absolute atomic E-state index is 0.000605. The third-order valence-electron chi connectivity index (χ3n) is 5.77. The second kappa shape index (κ2) is 5.60. The average molecular weight is 358 g/mol. The fraction of sp³-hybridized carbons (Fsp3) is 0.812. The lowest BCUT2D eigenvalue weighted by atomic mass is 9.93. The number of piperidine rings is 1. The van der Waals surface area contributed by atoms with Gasteiger partial charge in [-0.2, -0.15) is 13.2 Å². The van der Waals surface area contributed by atoms with Gasteiger partial charge < -0.3 is 14.6 Å². The summed E-state index contributed by atoms with van der Waals surface area (Å²) in [4.78, 5) is 14.3. The van der Waals surface area contributed by atoms with Crippen molar-refractivity contribution in [1.29, 1.82) is 0 Å². The Morgan fingerprint density at radius 3 is 2.52 bits per heavy atom. The molecule has 1 amide bonds. The van der Waals surface area contributed by atoms with Crippen LogP contribution in [0.2, 0.25) is 0 Å². The number of likely N-dealkylation sites (tertiary alicyclic amines) is 1. The predicted molar refractivity (Wildman–Crippen MR) is 81.8 cm³/mol. The molecule has 1 aromatic heterocycles. The summed E-state index contributed by atoms with van der Waals surface area (Å²) in [5.41, 5.74) is 0.494. The number of nitrogens with zero attached hydrogens (tertiary/aromatic N) is 3. The molecule has 1 N–H and O–H groups in total. The van der Waals surface area contributed by atoms with Crippen molar-refractivity contribution in [1.82, 2.24) is 15.1 Å². The van der Waals surface area contributed by atoms with Crippen LogP contribution in [0.5, 0.6) is 0 Å². The molecule has 1 spiro atoms. The molecule has 3 fully saturated rings. The maximum Gasteiger partial charge on any atom is 0.392 e. The number of alkyl halides is 3. The van der Waals surface area contributed by atoms with Crippen LogP contribution in [-0.4, -0.2) is 46.3 Å². The van der Waals surface area contributed by atoms with Gasteiger partial charge in [0.15, 0.2) is 0 Å². The Balaban J connectivity index is 1.31. The lowest BCUT2D eigenvalue weighted by Crippen LogP contribution is -2.45. The molecule has 25 heavy (non-hydrogen) atoms. The summed E-state index contributed by atoms with van der Waals surface area (Å²) in [6.07, 6.45) is 0.396. The number of anilines is 1. The molecule has 1 saturated heterocycles. The molecule has 3 atom stereocenters. The minimum atomic E-state index is -4.23. The van der Waals surface area contributed by atoms with Crippen LogP contribution in [0.15, 0.2) is 4.42 Å². The highest BCUT2D eigenvalue weighted by atomic mass is 19.4. The molecule has 0 bridgehead atoms. The third kappa shape index (κ3) is 3.32. The number of carbonyl (C=O) groups is 1. The zero-order chi connectivity index (χ0) is 17.8. The summed E-state index contributed by atoms with van der Waals surface area (Å²) in [6.45, 7) is 3.22. The van der Waals surface area contributed by atoms with Crippen LogP contribution >= 0.6 is 0 Å². The van der Waals surface area contributed by atoms with Crippen LogP contribution in [0.1, 0.15) is 50.8 Å². The number of hydrogen-bond acceptors (Lipinski definition) is 5. The number of rotatable bonds is 4. The van der Waals surface area contributed by atoms with E-state index in [4.69, 9.17) is 4.42 Å². The molecule has 0 unspecified atom stereocenters. The van der Waals surface area contributed by atoms with E-state index in [0.29, 0.717) is 5.41 Å². The first-order valence-corrected chi connectivity index (χ1v) is 8.73. The Hall–Kier alpha value is -1.80. The number of carbonyl (C=O) groups excluding carboxylic acids is 1. The first-order valence-electron chi connectivity index (χ1n) is 8.73. The molecule has 1 aliphatic heterocycles. The molecule has 2 heterocycles. The first kappa shape index (κ1) is 16.7. The van der Waals surface area contributed by atoms with Crippen LogP contribution in [0.3, 0.4) is 0 Å². The van der Waals surface area contributed by atoms with Gasteiger partial charge in [0.2, 0.25) is 11.8 Å². The highest BCUT2D eigenvalue weighted by molar-refractivity contribution is 5.83. The molecule has 0 aromatic carbocycles. The van der Waals surface area contributed by atoms with Crippen molar-refractivity contribution in [2.45, 2.75) is 57.2 Å². The lowest BCUT2D eigenvalue weighted by molar-refractivity contribution is -0.149. The Labute approximate surface area is 143 Å². The largest absolute Gasteiger partial charge is 0.408 e. The normalized spacial score (nSPS) is 28.7. The lowest BCUT2D eigenvalue weighted by Gasteiger charge is -2.33. The summed E-state index contributed by atoms with van der Waals surface area (Å²) < 4.78 is 43.1. The zero-order valence-corrected chi connectivity index (χ0v) is 14.0. The van der Waals surface area contributed by atoms with Crippen LogP contribution < -0.4 is 5.32 Å². The van der Waals surface area contributed by atoms with Gasteiger partial charge in [-0.1, -0.05) is 5.10 Å². The van der Waals surface area contributed by atoms with Gasteiger partial charge in [0.05, 0.1) is 5.92 Å². The summed E-state index contributed by atoms with van der Waals surface area (Å²) >= 11 is 0. The van der Waals surface area contributed by atoms with Gasteiger partial charge in [-0.3, -0.25) is 4.79 Å². The third-order valence-corrected chi connectivity index (χ3v) is 5.77. The fourth-order valence-corrected chi connectivity index (χ4v) is 3.67. The molecule has 9 heteroatoms. The average Bonchev–Trinajstić information content (AvgIpc) is 3.47. The van der Waals surface area contributed by atoms with Crippen molar-refractivity contribution in [3.8, 4) is 0 Å². The van der Waals surface area contributed by atoms with E-state index in [9.17, 15) is 18.0 Å². The van der Waals surface area contributed by atoms with E-state index in [2.05, 4.69) is 15.5 Å². The summed E-state index contributed by atoms with van der Waals surface area (Å²) in [7, 11) is 0. The summed E-state index contributed by atoms with van der Waals surface area (Å²) in [5, 5.41) is 10.2. The maximum atomic E-state index is 12.6. The molecule has 4 rings (SSSR count). The van der Waals surface area contributed by atoms with Crippen molar-refractivity contribution in [2.24, 2.45) is 11.3 Å². The van der Waals surface area contributed by atoms with E-state index in [1.807, 2.05) is 4.90 Å². The molecule has 2 saturated carbocycles. The van der Waals surface area contributed by atoms with Crippen molar-refractivity contribution in [3.05, 3.63) is 5.89 Å².